The second kappa shape index (κ2) is 9.54. The molecule has 1 amide bonds. The second-order valence-electron chi connectivity index (χ2n) is 6.73. The molecule has 0 saturated heterocycles. The quantitative estimate of drug-likeness (QED) is 0.287. The van der Waals surface area contributed by atoms with Crippen LogP contribution in [0.2, 0.25) is 0 Å². The van der Waals surface area contributed by atoms with Gasteiger partial charge in [-0.1, -0.05) is 59.0 Å². The van der Waals surface area contributed by atoms with Gasteiger partial charge in [-0.15, -0.1) is 38.3 Å². The zero-order chi connectivity index (χ0) is 21.8. The Kier molecular flexibility index (Phi) is 6.59. The van der Waals surface area contributed by atoms with E-state index in [0.717, 1.165) is 22.5 Å². The molecule has 1 N–H and O–H groups in total. The summed E-state index contributed by atoms with van der Waals surface area (Å²) in [4.78, 5) is 13.5. The molecule has 0 aliphatic carbocycles. The van der Waals surface area contributed by atoms with Gasteiger partial charge in [0, 0.05) is 27.9 Å². The van der Waals surface area contributed by atoms with Crippen molar-refractivity contribution < 1.29 is 4.79 Å². The Morgan fingerprint density at radius 3 is 2.71 bits per heavy atom. The lowest BCUT2D eigenvalue weighted by molar-refractivity contribution is -0.113. The number of aromatic nitrogens is 5. The van der Waals surface area contributed by atoms with Gasteiger partial charge < -0.3 is 0 Å². The summed E-state index contributed by atoms with van der Waals surface area (Å²) in [5.41, 5.74) is 6.14. The molecule has 1 aromatic carbocycles. The summed E-state index contributed by atoms with van der Waals surface area (Å²) in [5.74, 6) is 0.803. The van der Waals surface area contributed by atoms with Crippen molar-refractivity contribution in [2.75, 3.05) is 11.1 Å². The van der Waals surface area contributed by atoms with Gasteiger partial charge in [-0.3, -0.25) is 14.7 Å². The van der Waals surface area contributed by atoms with Gasteiger partial charge in [0.1, 0.15) is 5.51 Å². The van der Waals surface area contributed by atoms with Crippen LogP contribution in [0.3, 0.4) is 0 Å². The molecule has 0 fully saturated rings. The molecule has 0 radical (unpaired) electrons. The molecule has 0 aliphatic heterocycles. The standard InChI is InChI=1S/C21H20N6OS3/c1-4-9-27-19(16-10-29-14(3)18(16)15-7-5-13(2)6-8-15)24-26-21(27)30-11-17(28)23-20-25-22-12-31-20/h4-8,10,12H,1,9,11H2,2-3H3,(H,23,25,28). The van der Waals surface area contributed by atoms with Gasteiger partial charge in [-0.2, -0.15) is 0 Å². The van der Waals surface area contributed by atoms with Crippen molar-refractivity contribution in [1.82, 2.24) is 25.0 Å². The Balaban J connectivity index is 1.61. The number of nitrogens with zero attached hydrogens (tertiary/aromatic N) is 5. The van der Waals surface area contributed by atoms with E-state index in [4.69, 9.17) is 0 Å². The van der Waals surface area contributed by atoms with Crippen molar-refractivity contribution >= 4 is 45.5 Å². The molecule has 158 valence electrons. The summed E-state index contributed by atoms with van der Waals surface area (Å²) in [7, 11) is 0. The maximum Gasteiger partial charge on any atom is 0.236 e. The number of carbonyl (C=O) groups is 1. The molecule has 7 nitrogen and oxygen atoms in total. The minimum absolute atomic E-state index is 0.164. The largest absolute Gasteiger partial charge is 0.300 e. The van der Waals surface area contributed by atoms with E-state index in [-0.39, 0.29) is 11.7 Å². The van der Waals surface area contributed by atoms with E-state index in [1.807, 2.05) is 10.6 Å². The first-order valence-electron chi connectivity index (χ1n) is 9.45. The third-order valence-corrected chi connectivity index (χ3v) is 7.01. The number of benzene rings is 1. The number of amides is 1. The van der Waals surface area contributed by atoms with E-state index in [1.54, 1.807) is 16.8 Å². The predicted octanol–water partition coefficient (Wildman–Crippen LogP) is 5.06. The first-order valence-corrected chi connectivity index (χ1v) is 12.2. The fourth-order valence-corrected chi connectivity index (χ4v) is 5.17. The van der Waals surface area contributed by atoms with Crippen LogP contribution in [0, 0.1) is 13.8 Å². The third-order valence-electron chi connectivity index (χ3n) is 4.52. The molecule has 4 rings (SSSR count). The predicted molar refractivity (Wildman–Crippen MR) is 128 cm³/mol. The van der Waals surface area contributed by atoms with Crippen molar-refractivity contribution in [2.45, 2.75) is 25.5 Å². The van der Waals surface area contributed by atoms with Crippen LogP contribution in [0.5, 0.6) is 0 Å². The Bertz CT molecular complexity index is 1190. The Morgan fingerprint density at radius 1 is 1.19 bits per heavy atom. The first kappa shape index (κ1) is 21.4. The molecular weight excluding hydrogens is 448 g/mol. The number of hydrogen-bond acceptors (Lipinski definition) is 8. The average Bonchev–Trinajstić information content (AvgIpc) is 3.48. The topological polar surface area (TPSA) is 85.6 Å². The summed E-state index contributed by atoms with van der Waals surface area (Å²) in [5, 5.41) is 22.4. The van der Waals surface area contributed by atoms with Crippen LogP contribution in [-0.2, 0) is 11.3 Å². The third kappa shape index (κ3) is 4.76. The maximum absolute atomic E-state index is 12.2. The summed E-state index contributed by atoms with van der Waals surface area (Å²) < 4.78 is 2.00. The lowest BCUT2D eigenvalue weighted by Gasteiger charge is -2.10. The molecule has 10 heteroatoms. The molecule has 4 aromatic rings. The zero-order valence-corrected chi connectivity index (χ0v) is 19.5. The first-order chi connectivity index (χ1) is 15.1. The number of nitrogens with one attached hydrogen (secondary N) is 1. The Labute approximate surface area is 192 Å². The van der Waals surface area contributed by atoms with Crippen LogP contribution in [-0.4, -0.2) is 36.6 Å². The maximum atomic E-state index is 12.2. The Morgan fingerprint density at radius 2 is 2.00 bits per heavy atom. The van der Waals surface area contributed by atoms with Gasteiger partial charge in [0.05, 0.1) is 5.75 Å². The van der Waals surface area contributed by atoms with Gasteiger partial charge in [0.25, 0.3) is 0 Å². The van der Waals surface area contributed by atoms with Crippen LogP contribution >= 0.6 is 34.4 Å². The average molecular weight is 469 g/mol. The number of aryl methyl sites for hydroxylation is 2. The molecule has 3 aromatic heterocycles. The molecule has 3 heterocycles. The SMILES string of the molecule is C=CCn1c(SCC(=O)Nc2nncs2)nnc1-c1csc(C)c1-c1ccc(C)cc1. The van der Waals surface area contributed by atoms with E-state index < -0.39 is 0 Å². The molecule has 0 unspecified atom stereocenters. The lowest BCUT2D eigenvalue weighted by atomic mass is 10.0. The summed E-state index contributed by atoms with van der Waals surface area (Å²) in [6.07, 6.45) is 1.81. The number of rotatable bonds is 8. The minimum Gasteiger partial charge on any atom is -0.300 e. The summed E-state index contributed by atoms with van der Waals surface area (Å²) in [6.45, 7) is 8.62. The van der Waals surface area contributed by atoms with Crippen molar-refractivity contribution in [2.24, 2.45) is 0 Å². The Hall–Kier alpha value is -2.82. The fourth-order valence-electron chi connectivity index (χ4n) is 3.10. The van der Waals surface area contributed by atoms with E-state index in [1.165, 1.54) is 33.5 Å². The van der Waals surface area contributed by atoms with Crippen molar-refractivity contribution in [3.8, 4) is 22.5 Å². The molecule has 0 aliphatic rings. The van der Waals surface area contributed by atoms with E-state index in [0.29, 0.717) is 16.8 Å². The van der Waals surface area contributed by atoms with Gasteiger partial charge in [0.2, 0.25) is 11.0 Å². The van der Waals surface area contributed by atoms with E-state index in [2.05, 4.69) is 75.8 Å². The van der Waals surface area contributed by atoms with Crippen LogP contribution in [0.15, 0.2) is 53.0 Å². The van der Waals surface area contributed by atoms with Crippen LogP contribution < -0.4 is 5.32 Å². The van der Waals surface area contributed by atoms with E-state index in [9.17, 15) is 4.79 Å². The van der Waals surface area contributed by atoms with Crippen molar-refractivity contribution in [3.63, 3.8) is 0 Å². The summed E-state index contributed by atoms with van der Waals surface area (Å²) >= 11 is 4.30. The van der Waals surface area contributed by atoms with Crippen LogP contribution in [0.4, 0.5) is 5.13 Å². The van der Waals surface area contributed by atoms with E-state index >= 15 is 0 Å². The summed E-state index contributed by atoms with van der Waals surface area (Å²) in [6, 6.07) is 8.50. The highest BCUT2D eigenvalue weighted by Gasteiger charge is 2.20. The van der Waals surface area contributed by atoms with Crippen molar-refractivity contribution in [3.05, 3.63) is 58.3 Å². The molecular formula is C21H20N6OS3. The number of anilines is 1. The number of hydrogen-bond donors (Lipinski definition) is 1. The molecule has 31 heavy (non-hydrogen) atoms. The monoisotopic (exact) mass is 468 g/mol. The number of carbonyl (C=O) groups excluding carboxylic acids is 1. The van der Waals surface area contributed by atoms with Gasteiger partial charge >= 0.3 is 0 Å². The highest BCUT2D eigenvalue weighted by Crippen LogP contribution is 2.39. The fraction of sp³-hybridized carbons (Fsp3) is 0.190. The van der Waals surface area contributed by atoms with Gasteiger partial charge in [-0.25, -0.2) is 0 Å². The normalized spacial score (nSPS) is 10.9. The zero-order valence-electron chi connectivity index (χ0n) is 17.0. The van der Waals surface area contributed by atoms with Gasteiger partial charge in [-0.05, 0) is 19.4 Å². The molecule has 0 spiro atoms. The van der Waals surface area contributed by atoms with Gasteiger partial charge in [0.15, 0.2) is 11.0 Å². The lowest BCUT2D eigenvalue weighted by Crippen LogP contribution is -2.14. The second-order valence-corrected chi connectivity index (χ2v) is 9.59. The highest BCUT2D eigenvalue weighted by atomic mass is 32.2. The van der Waals surface area contributed by atoms with Crippen LogP contribution in [0.1, 0.15) is 10.4 Å². The van der Waals surface area contributed by atoms with Crippen LogP contribution in [0.25, 0.3) is 22.5 Å². The molecule has 0 bridgehead atoms. The minimum atomic E-state index is -0.164. The van der Waals surface area contributed by atoms with Crippen molar-refractivity contribution in [1.29, 1.82) is 0 Å². The number of allylic oxidation sites excluding steroid dienone is 1. The number of thiophene rings is 1. The molecule has 0 atom stereocenters. The molecule has 0 saturated carbocycles. The smallest absolute Gasteiger partial charge is 0.236 e. The number of thioether (sulfide) groups is 1. The highest BCUT2D eigenvalue weighted by molar-refractivity contribution is 7.99.